The summed E-state index contributed by atoms with van der Waals surface area (Å²) in [6, 6.07) is 9.89. The zero-order valence-corrected chi connectivity index (χ0v) is 11.0. The molecule has 0 aliphatic carbocycles. The monoisotopic (exact) mass is 258 g/mol. The van der Waals surface area contributed by atoms with Crippen LogP contribution in [0.25, 0.3) is 0 Å². The number of aromatic nitrogens is 2. The maximum Gasteiger partial charge on any atom is 0.131 e. The lowest BCUT2D eigenvalue weighted by molar-refractivity contribution is 0.133. The van der Waals surface area contributed by atoms with Crippen LogP contribution in [0.3, 0.4) is 0 Å². The molecule has 0 atom stereocenters. The molecule has 1 heterocycles. The Morgan fingerprint density at radius 1 is 1.21 bits per heavy atom. The zero-order chi connectivity index (χ0) is 13.5. The van der Waals surface area contributed by atoms with E-state index in [1.807, 2.05) is 19.1 Å². The van der Waals surface area contributed by atoms with Gasteiger partial charge in [-0.15, -0.1) is 0 Å². The van der Waals surface area contributed by atoms with Crippen LogP contribution in [-0.4, -0.2) is 16.6 Å². The SMILES string of the molecule is CCOCc1ccccc1CNc1cc(N)ncn1. The predicted octanol–water partition coefficient (Wildman–Crippen LogP) is 2.21. The van der Waals surface area contributed by atoms with Crippen LogP contribution in [0.5, 0.6) is 0 Å². The molecule has 2 rings (SSSR count). The molecular formula is C14H18N4O. The Labute approximate surface area is 112 Å². The standard InChI is InChI=1S/C14H18N4O/c1-2-19-9-12-6-4-3-5-11(12)8-16-14-7-13(15)17-10-18-14/h3-7,10H,2,8-9H2,1H3,(H3,15,16,17,18). The van der Waals surface area contributed by atoms with Gasteiger partial charge in [0, 0.05) is 19.2 Å². The molecule has 0 radical (unpaired) electrons. The highest BCUT2D eigenvalue weighted by atomic mass is 16.5. The fraction of sp³-hybridized carbons (Fsp3) is 0.286. The van der Waals surface area contributed by atoms with E-state index in [1.54, 1.807) is 6.07 Å². The lowest BCUT2D eigenvalue weighted by Gasteiger charge is -2.11. The van der Waals surface area contributed by atoms with Crippen molar-refractivity contribution in [3.8, 4) is 0 Å². The molecule has 19 heavy (non-hydrogen) atoms. The number of nitrogens with zero attached hydrogens (tertiary/aromatic N) is 2. The van der Waals surface area contributed by atoms with Crippen LogP contribution in [0.4, 0.5) is 11.6 Å². The van der Waals surface area contributed by atoms with E-state index >= 15 is 0 Å². The van der Waals surface area contributed by atoms with E-state index in [4.69, 9.17) is 10.5 Å². The Balaban J connectivity index is 2.02. The summed E-state index contributed by atoms with van der Waals surface area (Å²) in [6.45, 7) is 4.01. The molecule has 0 aliphatic heterocycles. The lowest BCUT2D eigenvalue weighted by Crippen LogP contribution is -2.06. The average molecular weight is 258 g/mol. The van der Waals surface area contributed by atoms with Crippen molar-refractivity contribution in [2.45, 2.75) is 20.1 Å². The fourth-order valence-corrected chi connectivity index (χ4v) is 1.74. The van der Waals surface area contributed by atoms with Crippen LogP contribution in [0, 0.1) is 0 Å². The Morgan fingerprint density at radius 3 is 2.74 bits per heavy atom. The number of nitrogens with two attached hydrogens (primary N) is 1. The topological polar surface area (TPSA) is 73.1 Å². The molecule has 100 valence electrons. The maximum absolute atomic E-state index is 5.61. The van der Waals surface area contributed by atoms with Gasteiger partial charge in [-0.05, 0) is 18.1 Å². The van der Waals surface area contributed by atoms with Crippen molar-refractivity contribution >= 4 is 11.6 Å². The quantitative estimate of drug-likeness (QED) is 0.831. The third-order valence-corrected chi connectivity index (χ3v) is 2.73. The Hall–Kier alpha value is -2.14. The van der Waals surface area contributed by atoms with Gasteiger partial charge < -0.3 is 15.8 Å². The van der Waals surface area contributed by atoms with Crippen molar-refractivity contribution in [3.05, 3.63) is 47.8 Å². The van der Waals surface area contributed by atoms with Gasteiger partial charge in [0.25, 0.3) is 0 Å². The maximum atomic E-state index is 5.61. The first-order chi connectivity index (χ1) is 9.29. The second kappa shape index (κ2) is 6.70. The molecule has 0 aliphatic rings. The second-order valence-corrected chi connectivity index (χ2v) is 4.09. The summed E-state index contributed by atoms with van der Waals surface area (Å²) >= 11 is 0. The van der Waals surface area contributed by atoms with E-state index in [0.717, 1.165) is 5.82 Å². The second-order valence-electron chi connectivity index (χ2n) is 4.09. The molecule has 0 amide bonds. The van der Waals surface area contributed by atoms with E-state index in [0.29, 0.717) is 25.6 Å². The average Bonchev–Trinajstić information content (AvgIpc) is 2.44. The van der Waals surface area contributed by atoms with Gasteiger partial charge in [0.1, 0.15) is 18.0 Å². The molecule has 0 fully saturated rings. The summed E-state index contributed by atoms with van der Waals surface area (Å²) in [7, 11) is 0. The van der Waals surface area contributed by atoms with Crippen molar-refractivity contribution < 1.29 is 4.74 Å². The molecule has 2 aromatic rings. The van der Waals surface area contributed by atoms with Crippen LogP contribution in [0.15, 0.2) is 36.7 Å². The summed E-state index contributed by atoms with van der Waals surface area (Å²) in [5, 5.41) is 3.23. The largest absolute Gasteiger partial charge is 0.384 e. The summed E-state index contributed by atoms with van der Waals surface area (Å²) in [5.41, 5.74) is 7.98. The number of nitrogen functional groups attached to an aromatic ring is 1. The van der Waals surface area contributed by atoms with E-state index < -0.39 is 0 Å². The van der Waals surface area contributed by atoms with Gasteiger partial charge in [-0.3, -0.25) is 0 Å². The molecule has 0 saturated carbocycles. The minimum Gasteiger partial charge on any atom is -0.384 e. The normalized spacial score (nSPS) is 10.4. The number of anilines is 2. The predicted molar refractivity (Wildman–Crippen MR) is 75.5 cm³/mol. The highest BCUT2D eigenvalue weighted by molar-refractivity contribution is 5.44. The zero-order valence-electron chi connectivity index (χ0n) is 11.0. The van der Waals surface area contributed by atoms with Crippen molar-refractivity contribution in [2.75, 3.05) is 17.7 Å². The van der Waals surface area contributed by atoms with Crippen LogP contribution >= 0.6 is 0 Å². The Bertz CT molecular complexity index is 530. The summed E-state index contributed by atoms with van der Waals surface area (Å²) in [6.07, 6.45) is 1.45. The van der Waals surface area contributed by atoms with Gasteiger partial charge in [-0.25, -0.2) is 9.97 Å². The van der Waals surface area contributed by atoms with Crippen molar-refractivity contribution in [3.63, 3.8) is 0 Å². The van der Waals surface area contributed by atoms with Crippen molar-refractivity contribution in [1.82, 2.24) is 9.97 Å². The van der Waals surface area contributed by atoms with E-state index in [2.05, 4.69) is 27.4 Å². The van der Waals surface area contributed by atoms with E-state index in [1.165, 1.54) is 17.5 Å². The van der Waals surface area contributed by atoms with Crippen LogP contribution in [0.1, 0.15) is 18.1 Å². The molecule has 1 aromatic carbocycles. The summed E-state index contributed by atoms with van der Waals surface area (Å²) in [5.74, 6) is 1.18. The van der Waals surface area contributed by atoms with Crippen molar-refractivity contribution in [1.29, 1.82) is 0 Å². The van der Waals surface area contributed by atoms with Crippen molar-refractivity contribution in [2.24, 2.45) is 0 Å². The molecule has 0 bridgehead atoms. The highest BCUT2D eigenvalue weighted by Gasteiger charge is 2.02. The molecule has 1 aromatic heterocycles. The number of hydrogen-bond acceptors (Lipinski definition) is 5. The first-order valence-electron chi connectivity index (χ1n) is 6.25. The molecule has 0 unspecified atom stereocenters. The minimum absolute atomic E-state index is 0.458. The van der Waals surface area contributed by atoms with Gasteiger partial charge in [-0.2, -0.15) is 0 Å². The number of rotatable bonds is 6. The van der Waals surface area contributed by atoms with Crippen LogP contribution < -0.4 is 11.1 Å². The van der Waals surface area contributed by atoms with Gasteiger partial charge in [0.05, 0.1) is 6.61 Å². The number of nitrogens with one attached hydrogen (secondary N) is 1. The number of hydrogen-bond donors (Lipinski definition) is 2. The molecule has 0 saturated heterocycles. The van der Waals surface area contributed by atoms with E-state index in [9.17, 15) is 0 Å². The van der Waals surface area contributed by atoms with Gasteiger partial charge in [-0.1, -0.05) is 24.3 Å². The van der Waals surface area contributed by atoms with Gasteiger partial charge in [0.2, 0.25) is 0 Å². The third-order valence-electron chi connectivity index (χ3n) is 2.73. The third kappa shape index (κ3) is 3.93. The minimum atomic E-state index is 0.458. The van der Waals surface area contributed by atoms with Crippen LogP contribution in [-0.2, 0) is 17.9 Å². The van der Waals surface area contributed by atoms with Gasteiger partial charge in [0.15, 0.2) is 0 Å². The molecular weight excluding hydrogens is 240 g/mol. The Morgan fingerprint density at radius 2 is 2.00 bits per heavy atom. The summed E-state index contributed by atoms with van der Waals surface area (Å²) in [4.78, 5) is 7.97. The molecule has 5 heteroatoms. The first kappa shape index (κ1) is 13.3. The smallest absolute Gasteiger partial charge is 0.131 e. The van der Waals surface area contributed by atoms with E-state index in [-0.39, 0.29) is 0 Å². The summed E-state index contributed by atoms with van der Waals surface area (Å²) < 4.78 is 5.46. The van der Waals surface area contributed by atoms with Gasteiger partial charge >= 0.3 is 0 Å². The fourth-order valence-electron chi connectivity index (χ4n) is 1.74. The molecule has 0 spiro atoms. The molecule has 5 nitrogen and oxygen atoms in total. The lowest BCUT2D eigenvalue weighted by atomic mass is 10.1. The first-order valence-corrected chi connectivity index (χ1v) is 6.25. The Kier molecular flexibility index (Phi) is 4.69. The van der Waals surface area contributed by atoms with Crippen LogP contribution in [0.2, 0.25) is 0 Å². The molecule has 3 N–H and O–H groups in total. The number of benzene rings is 1. The number of ether oxygens (including phenoxy) is 1. The highest BCUT2D eigenvalue weighted by Crippen LogP contribution is 2.13.